The van der Waals surface area contributed by atoms with Crippen LogP contribution in [-0.4, -0.2) is 24.9 Å². The summed E-state index contributed by atoms with van der Waals surface area (Å²) in [5.41, 5.74) is 3.33. The molecule has 1 saturated heterocycles. The summed E-state index contributed by atoms with van der Waals surface area (Å²) < 4.78 is 0. The lowest BCUT2D eigenvalue weighted by molar-refractivity contribution is -0.126. The molecule has 0 aliphatic carbocycles. The number of carbonyl (C=O) groups is 2. The van der Waals surface area contributed by atoms with Gasteiger partial charge in [0, 0.05) is 31.1 Å². The maximum absolute atomic E-state index is 12.7. The van der Waals surface area contributed by atoms with Crippen molar-refractivity contribution in [2.24, 2.45) is 5.92 Å². The second kappa shape index (κ2) is 9.40. The molecular formula is C26H26N2O2. The van der Waals surface area contributed by atoms with Gasteiger partial charge in [0.15, 0.2) is 0 Å². The summed E-state index contributed by atoms with van der Waals surface area (Å²) in [4.78, 5) is 26.8. The van der Waals surface area contributed by atoms with E-state index in [-0.39, 0.29) is 30.1 Å². The van der Waals surface area contributed by atoms with Gasteiger partial charge < -0.3 is 10.2 Å². The van der Waals surface area contributed by atoms with Crippen molar-refractivity contribution in [2.45, 2.75) is 18.8 Å². The minimum atomic E-state index is -0.301. The third-order valence-corrected chi connectivity index (χ3v) is 5.70. The fourth-order valence-corrected chi connectivity index (χ4v) is 4.12. The molecule has 0 radical (unpaired) electrons. The van der Waals surface area contributed by atoms with Crippen LogP contribution in [0.3, 0.4) is 0 Å². The van der Waals surface area contributed by atoms with Crippen LogP contribution in [0.2, 0.25) is 0 Å². The summed E-state index contributed by atoms with van der Waals surface area (Å²) in [5.74, 6) is -0.113. The number of hydrogen-bond acceptors (Lipinski definition) is 2. The number of anilines is 1. The smallest absolute Gasteiger partial charge is 0.227 e. The average molecular weight is 399 g/mol. The molecule has 1 heterocycles. The van der Waals surface area contributed by atoms with Gasteiger partial charge in [-0.1, -0.05) is 78.9 Å². The molecule has 3 aromatic carbocycles. The van der Waals surface area contributed by atoms with Gasteiger partial charge in [-0.05, 0) is 29.7 Å². The van der Waals surface area contributed by atoms with E-state index >= 15 is 0 Å². The predicted octanol–water partition coefficient (Wildman–Crippen LogP) is 4.38. The Bertz CT molecular complexity index is 934. The van der Waals surface area contributed by atoms with Crippen molar-refractivity contribution >= 4 is 17.5 Å². The molecule has 1 N–H and O–H groups in total. The van der Waals surface area contributed by atoms with Crippen LogP contribution in [0.1, 0.15) is 29.9 Å². The molecule has 0 bridgehead atoms. The van der Waals surface area contributed by atoms with E-state index in [1.165, 1.54) is 11.1 Å². The maximum Gasteiger partial charge on any atom is 0.227 e. The summed E-state index contributed by atoms with van der Waals surface area (Å²) in [5, 5.41) is 3.07. The molecule has 0 spiro atoms. The number of hydrogen-bond donors (Lipinski definition) is 1. The SMILES string of the molecule is O=C(NCCC(c1ccccc1)c1ccccc1)[C@H]1CC(=O)N(c2ccccc2)C1. The second-order valence-corrected chi connectivity index (χ2v) is 7.69. The molecule has 30 heavy (non-hydrogen) atoms. The Morgan fingerprint density at radius 1 is 0.867 bits per heavy atom. The Kier molecular flexibility index (Phi) is 6.23. The van der Waals surface area contributed by atoms with Crippen LogP contribution in [0, 0.1) is 5.92 Å². The first-order valence-corrected chi connectivity index (χ1v) is 10.5. The lowest BCUT2D eigenvalue weighted by Crippen LogP contribution is -2.34. The summed E-state index contributed by atoms with van der Waals surface area (Å²) in [6.07, 6.45) is 1.07. The summed E-state index contributed by atoms with van der Waals surface area (Å²) in [6.45, 7) is 1.01. The zero-order chi connectivity index (χ0) is 20.8. The van der Waals surface area contributed by atoms with Crippen LogP contribution in [0.5, 0.6) is 0 Å². The van der Waals surface area contributed by atoms with E-state index in [1.807, 2.05) is 66.7 Å². The van der Waals surface area contributed by atoms with E-state index in [0.717, 1.165) is 12.1 Å². The first-order valence-electron chi connectivity index (χ1n) is 10.5. The molecule has 2 amide bonds. The summed E-state index contributed by atoms with van der Waals surface area (Å²) in [6, 6.07) is 30.3. The van der Waals surface area contributed by atoms with Gasteiger partial charge in [-0.25, -0.2) is 0 Å². The van der Waals surface area contributed by atoms with E-state index in [0.29, 0.717) is 13.1 Å². The second-order valence-electron chi connectivity index (χ2n) is 7.69. The molecule has 4 rings (SSSR count). The number of rotatable bonds is 7. The average Bonchev–Trinajstić information content (AvgIpc) is 3.20. The quantitative estimate of drug-likeness (QED) is 0.642. The number of benzene rings is 3. The van der Waals surface area contributed by atoms with Gasteiger partial charge in [0.05, 0.1) is 5.92 Å². The fraction of sp³-hybridized carbons (Fsp3) is 0.231. The molecule has 1 atom stereocenters. The number of nitrogens with one attached hydrogen (secondary N) is 1. The zero-order valence-electron chi connectivity index (χ0n) is 16.9. The van der Waals surface area contributed by atoms with Crippen LogP contribution in [-0.2, 0) is 9.59 Å². The molecule has 0 aromatic heterocycles. The number of amides is 2. The van der Waals surface area contributed by atoms with Crippen molar-refractivity contribution in [3.63, 3.8) is 0 Å². The molecule has 1 fully saturated rings. The largest absolute Gasteiger partial charge is 0.356 e. The summed E-state index contributed by atoms with van der Waals surface area (Å²) in [7, 11) is 0. The lowest BCUT2D eigenvalue weighted by atomic mass is 9.88. The molecule has 4 heteroatoms. The van der Waals surface area contributed by atoms with E-state index < -0.39 is 0 Å². The predicted molar refractivity (Wildman–Crippen MR) is 119 cm³/mol. The maximum atomic E-state index is 12.7. The Hall–Kier alpha value is -3.40. The van der Waals surface area contributed by atoms with E-state index in [1.54, 1.807) is 4.90 Å². The molecule has 1 aliphatic rings. The molecule has 152 valence electrons. The third kappa shape index (κ3) is 4.60. The first-order chi connectivity index (χ1) is 14.7. The van der Waals surface area contributed by atoms with Gasteiger partial charge in [0.25, 0.3) is 0 Å². The van der Waals surface area contributed by atoms with Crippen LogP contribution < -0.4 is 10.2 Å². The van der Waals surface area contributed by atoms with Crippen molar-refractivity contribution in [1.29, 1.82) is 0 Å². The first kappa shape index (κ1) is 19.9. The van der Waals surface area contributed by atoms with Crippen molar-refractivity contribution in [1.82, 2.24) is 5.32 Å². The van der Waals surface area contributed by atoms with Crippen molar-refractivity contribution in [2.75, 3.05) is 18.0 Å². The standard InChI is InChI=1S/C26H26N2O2/c29-25-18-22(19-28(25)23-14-8-3-9-15-23)26(30)27-17-16-24(20-10-4-1-5-11-20)21-12-6-2-7-13-21/h1-15,22,24H,16-19H2,(H,27,30)/t22-/m0/s1. The normalized spacial score (nSPS) is 16.1. The molecule has 1 aliphatic heterocycles. The van der Waals surface area contributed by atoms with E-state index in [4.69, 9.17) is 0 Å². The number of carbonyl (C=O) groups excluding carboxylic acids is 2. The Labute approximate surface area is 177 Å². The van der Waals surface area contributed by atoms with Gasteiger partial charge in [-0.2, -0.15) is 0 Å². The highest BCUT2D eigenvalue weighted by molar-refractivity contribution is 6.00. The number of para-hydroxylation sites is 1. The third-order valence-electron chi connectivity index (χ3n) is 5.70. The van der Waals surface area contributed by atoms with Crippen LogP contribution >= 0.6 is 0 Å². The minimum Gasteiger partial charge on any atom is -0.356 e. The minimum absolute atomic E-state index is 0.00722. The lowest BCUT2D eigenvalue weighted by Gasteiger charge is -2.19. The molecule has 4 nitrogen and oxygen atoms in total. The summed E-state index contributed by atoms with van der Waals surface area (Å²) >= 11 is 0. The Morgan fingerprint density at radius 2 is 1.40 bits per heavy atom. The molecule has 0 saturated carbocycles. The van der Waals surface area contributed by atoms with E-state index in [2.05, 4.69) is 29.6 Å². The van der Waals surface area contributed by atoms with E-state index in [9.17, 15) is 9.59 Å². The van der Waals surface area contributed by atoms with Gasteiger partial charge in [0.1, 0.15) is 0 Å². The highest BCUT2D eigenvalue weighted by Gasteiger charge is 2.34. The van der Waals surface area contributed by atoms with Crippen molar-refractivity contribution < 1.29 is 9.59 Å². The zero-order valence-corrected chi connectivity index (χ0v) is 16.9. The van der Waals surface area contributed by atoms with Crippen molar-refractivity contribution in [3.05, 3.63) is 102 Å². The Morgan fingerprint density at radius 3 is 1.97 bits per heavy atom. The van der Waals surface area contributed by atoms with Crippen LogP contribution in [0.25, 0.3) is 0 Å². The fourth-order valence-electron chi connectivity index (χ4n) is 4.12. The number of nitrogens with zero attached hydrogens (tertiary/aromatic N) is 1. The highest BCUT2D eigenvalue weighted by atomic mass is 16.2. The van der Waals surface area contributed by atoms with Crippen LogP contribution in [0.4, 0.5) is 5.69 Å². The highest BCUT2D eigenvalue weighted by Crippen LogP contribution is 2.28. The molecule has 3 aromatic rings. The monoisotopic (exact) mass is 398 g/mol. The van der Waals surface area contributed by atoms with Crippen LogP contribution in [0.15, 0.2) is 91.0 Å². The van der Waals surface area contributed by atoms with Crippen molar-refractivity contribution in [3.8, 4) is 0 Å². The van der Waals surface area contributed by atoms with Gasteiger partial charge in [-0.15, -0.1) is 0 Å². The van der Waals surface area contributed by atoms with Gasteiger partial charge in [0.2, 0.25) is 11.8 Å². The van der Waals surface area contributed by atoms with Gasteiger partial charge >= 0.3 is 0 Å². The van der Waals surface area contributed by atoms with Gasteiger partial charge in [-0.3, -0.25) is 9.59 Å². The molecular weight excluding hydrogens is 372 g/mol. The molecule has 0 unspecified atom stereocenters. The Balaban J connectivity index is 1.37. The topological polar surface area (TPSA) is 49.4 Å².